The van der Waals surface area contributed by atoms with E-state index in [-0.39, 0.29) is 43.5 Å². The van der Waals surface area contributed by atoms with Crippen molar-refractivity contribution in [2.45, 2.75) is 69.1 Å². The van der Waals surface area contributed by atoms with Crippen LogP contribution in [0.1, 0.15) is 37.3 Å². The predicted octanol–water partition coefficient (Wildman–Crippen LogP) is 4.34. The first-order chi connectivity index (χ1) is 20.1. The van der Waals surface area contributed by atoms with Crippen molar-refractivity contribution in [2.24, 2.45) is 5.92 Å². The smallest absolute Gasteiger partial charge is 0.414 e. The van der Waals surface area contributed by atoms with Crippen molar-refractivity contribution in [3.05, 3.63) is 59.7 Å². The van der Waals surface area contributed by atoms with Crippen LogP contribution in [0.25, 0.3) is 0 Å². The summed E-state index contributed by atoms with van der Waals surface area (Å²) in [6.07, 6.45) is 0.406. The number of aliphatic hydroxyl groups excluding tert-OH is 1. The number of likely N-dealkylation sites (tertiary alicyclic amines) is 1. The number of anilines is 2. The maximum absolute atomic E-state index is 16.1. The van der Waals surface area contributed by atoms with Gasteiger partial charge in [-0.3, -0.25) is 14.5 Å². The number of rotatable bonds is 7. The maximum Gasteiger partial charge on any atom is 0.414 e. The summed E-state index contributed by atoms with van der Waals surface area (Å²) < 4.78 is 27.8. The van der Waals surface area contributed by atoms with E-state index in [2.05, 4.69) is 0 Å². The Kier molecular flexibility index (Phi) is 7.39. The Balaban J connectivity index is 1.30. The van der Waals surface area contributed by atoms with Gasteiger partial charge in [0.25, 0.3) is 5.91 Å². The van der Waals surface area contributed by atoms with Crippen molar-refractivity contribution in [3.8, 4) is 0 Å². The van der Waals surface area contributed by atoms with Crippen LogP contribution in [-0.4, -0.2) is 74.8 Å². The molecule has 2 aromatic rings. The number of aliphatic hydroxyl groups is 1. The van der Waals surface area contributed by atoms with Gasteiger partial charge in [-0.25, -0.2) is 4.79 Å². The third kappa shape index (κ3) is 4.62. The summed E-state index contributed by atoms with van der Waals surface area (Å²) in [5, 5.41) is 9.76. The number of ether oxygens (including phenoxy) is 2. The lowest BCUT2D eigenvalue weighted by atomic mass is 9.82. The molecule has 224 valence electrons. The van der Waals surface area contributed by atoms with Crippen molar-refractivity contribution < 1.29 is 33.1 Å². The fourth-order valence-electron chi connectivity index (χ4n) is 7.59. The molecule has 0 saturated carbocycles. The molecule has 3 amide bonds. The number of hydrogen-bond donors (Lipinski definition) is 1. The van der Waals surface area contributed by atoms with Crippen LogP contribution < -0.4 is 9.80 Å². The highest BCUT2D eigenvalue weighted by molar-refractivity contribution is 6.72. The number of carbonyl (C=O) groups excluding carboxylic acids is 3. The Labute approximate surface area is 246 Å². The maximum atomic E-state index is 16.1. The number of fused-ring (bicyclic) bond motifs is 2. The quantitative estimate of drug-likeness (QED) is 0.378. The third-order valence-electron chi connectivity index (χ3n) is 9.50. The number of hydrogen-bond acceptors (Lipinski definition) is 6. The number of amides is 3. The first-order valence-corrected chi connectivity index (χ1v) is 17.7. The molecule has 0 radical (unpaired) electrons. The first-order valence-electron chi connectivity index (χ1n) is 14.8. The molecule has 0 unspecified atom stereocenters. The predicted molar refractivity (Wildman–Crippen MR) is 157 cm³/mol. The van der Waals surface area contributed by atoms with Gasteiger partial charge in [0.1, 0.15) is 6.61 Å². The van der Waals surface area contributed by atoms with Gasteiger partial charge in [0.15, 0.2) is 5.60 Å². The molecule has 42 heavy (non-hydrogen) atoms. The highest BCUT2D eigenvalue weighted by Gasteiger charge is 2.67. The molecule has 0 bridgehead atoms. The van der Waals surface area contributed by atoms with Gasteiger partial charge in [-0.1, -0.05) is 37.3 Å². The minimum atomic E-state index is -3.41. The highest BCUT2D eigenvalue weighted by atomic mass is 28.4. The second-order valence-electron chi connectivity index (χ2n) is 12.4. The van der Waals surface area contributed by atoms with Gasteiger partial charge >= 0.3 is 6.09 Å². The normalized spacial score (nSPS) is 29.1. The Morgan fingerprint density at radius 1 is 1.12 bits per heavy atom. The average Bonchev–Trinajstić information content (AvgIpc) is 3.72. The molecule has 4 aliphatic rings. The number of halogens is 1. The fourth-order valence-corrected chi connectivity index (χ4v) is 10.1. The van der Waals surface area contributed by atoms with Crippen LogP contribution in [-0.2, 0) is 31.2 Å². The van der Waals surface area contributed by atoms with Gasteiger partial charge in [-0.15, -0.1) is 0 Å². The van der Waals surface area contributed by atoms with Crippen LogP contribution in [0.4, 0.5) is 20.3 Å². The molecule has 4 heterocycles. The SMILES string of the molecule is C[C@H]1[C@H]([Si](C)(C)F)[C@@H](CC(=O)N2CCC[C@H]2CO)O[C@]12C(=O)N(Cc1ccc(N3CCOC3=O)cc1)c1ccccc12. The monoisotopic (exact) mass is 595 g/mol. The second-order valence-corrected chi connectivity index (χ2v) is 16.2. The zero-order chi connectivity index (χ0) is 29.8. The summed E-state index contributed by atoms with van der Waals surface area (Å²) in [4.78, 5) is 44.8. The van der Waals surface area contributed by atoms with Crippen molar-refractivity contribution in [1.82, 2.24) is 4.90 Å². The van der Waals surface area contributed by atoms with Crippen LogP contribution >= 0.6 is 0 Å². The molecule has 5 atom stereocenters. The molecule has 6 rings (SSSR count). The van der Waals surface area contributed by atoms with Crippen LogP contribution in [0.2, 0.25) is 18.6 Å². The van der Waals surface area contributed by atoms with Crippen LogP contribution in [0.3, 0.4) is 0 Å². The van der Waals surface area contributed by atoms with Crippen molar-refractivity contribution >= 4 is 37.7 Å². The van der Waals surface area contributed by atoms with Gasteiger partial charge in [-0.2, -0.15) is 0 Å². The van der Waals surface area contributed by atoms with Gasteiger partial charge in [0.2, 0.25) is 14.3 Å². The Morgan fingerprint density at radius 2 is 1.86 bits per heavy atom. The molecular weight excluding hydrogens is 557 g/mol. The molecule has 3 saturated heterocycles. The zero-order valence-corrected chi connectivity index (χ0v) is 25.3. The summed E-state index contributed by atoms with van der Waals surface area (Å²) in [5.74, 6) is -0.908. The molecule has 3 fully saturated rings. The van der Waals surface area contributed by atoms with Crippen LogP contribution in [0.5, 0.6) is 0 Å². The van der Waals surface area contributed by atoms with Crippen molar-refractivity contribution in [1.29, 1.82) is 0 Å². The lowest BCUT2D eigenvalue weighted by Crippen LogP contribution is -2.45. The molecule has 0 aliphatic carbocycles. The van der Waals surface area contributed by atoms with Crippen molar-refractivity contribution in [2.75, 3.05) is 36.1 Å². The summed E-state index contributed by atoms with van der Waals surface area (Å²) in [5.41, 5.74) is 1.03. The summed E-state index contributed by atoms with van der Waals surface area (Å²) >= 11 is 0. The number of cyclic esters (lactones) is 1. The number of nitrogens with zero attached hydrogens (tertiary/aromatic N) is 3. The van der Waals surface area contributed by atoms with Gasteiger partial charge < -0.3 is 28.5 Å². The first kappa shape index (κ1) is 28.8. The average molecular weight is 596 g/mol. The van der Waals surface area contributed by atoms with Gasteiger partial charge in [0, 0.05) is 29.3 Å². The summed E-state index contributed by atoms with van der Waals surface area (Å²) in [6, 6.07) is 14.7. The van der Waals surface area contributed by atoms with E-state index < -0.39 is 31.6 Å². The second kappa shape index (κ2) is 10.8. The van der Waals surface area contributed by atoms with Gasteiger partial charge in [0.05, 0.1) is 44.0 Å². The van der Waals surface area contributed by atoms with Crippen molar-refractivity contribution in [3.63, 3.8) is 0 Å². The summed E-state index contributed by atoms with van der Waals surface area (Å²) in [7, 11) is -3.41. The molecular formula is C31H38FN3O6Si. The van der Waals surface area contributed by atoms with E-state index in [4.69, 9.17) is 9.47 Å². The molecule has 0 aromatic heterocycles. The Hall–Kier alpha value is -3.28. The Bertz CT molecular complexity index is 1380. The Morgan fingerprint density at radius 3 is 2.52 bits per heavy atom. The third-order valence-corrected chi connectivity index (χ3v) is 12.0. The van der Waals surface area contributed by atoms with E-state index in [1.807, 2.05) is 55.5 Å². The van der Waals surface area contributed by atoms with E-state index in [1.54, 1.807) is 27.8 Å². The van der Waals surface area contributed by atoms with E-state index >= 15 is 4.11 Å². The lowest BCUT2D eigenvalue weighted by molar-refractivity contribution is -0.150. The van der Waals surface area contributed by atoms with Gasteiger partial charge in [-0.05, 0) is 49.7 Å². The minimum Gasteiger partial charge on any atom is -0.447 e. The fraction of sp³-hybridized carbons (Fsp3) is 0.516. The van der Waals surface area contributed by atoms with Crippen LogP contribution in [0.15, 0.2) is 48.5 Å². The zero-order valence-electron chi connectivity index (χ0n) is 24.3. The largest absolute Gasteiger partial charge is 0.447 e. The standard InChI is InChI=1S/C31H38FN3O6Si/c1-20-28(42(2,3)32)26(17-27(37)33-14-6-7-23(33)19-36)41-31(20)24-8-4-5-9-25(24)35(29(31)38)18-21-10-12-22(13-11-21)34-15-16-40-30(34)39/h4-5,8-13,20,23,26,28,36H,6-7,14-19H2,1-3H3/t20-,23-,26+,28-,31+/m0/s1. The van der Waals surface area contributed by atoms with E-state index in [9.17, 15) is 19.5 Å². The minimum absolute atomic E-state index is 0.0244. The molecule has 4 aliphatic heterocycles. The number of benzene rings is 2. The molecule has 1 spiro atoms. The number of carbonyl (C=O) groups is 3. The lowest BCUT2D eigenvalue weighted by Gasteiger charge is -2.31. The molecule has 9 nitrogen and oxygen atoms in total. The molecule has 1 N–H and O–H groups in total. The van der Waals surface area contributed by atoms with E-state index in [0.717, 1.165) is 24.1 Å². The van der Waals surface area contributed by atoms with E-state index in [0.29, 0.717) is 30.9 Å². The molecule has 11 heteroatoms. The highest BCUT2D eigenvalue weighted by Crippen LogP contribution is 2.60. The topological polar surface area (TPSA) is 99.6 Å². The van der Waals surface area contributed by atoms with E-state index in [1.165, 1.54) is 0 Å². The molecule has 2 aromatic carbocycles. The summed E-state index contributed by atoms with van der Waals surface area (Å²) in [6.45, 7) is 6.72. The number of para-hydroxylation sites is 1. The van der Waals surface area contributed by atoms with Crippen LogP contribution in [0, 0.1) is 5.92 Å².